The summed E-state index contributed by atoms with van der Waals surface area (Å²) in [7, 11) is 0.836. The summed E-state index contributed by atoms with van der Waals surface area (Å²) in [6, 6.07) is 1.31. The average Bonchev–Trinajstić information content (AvgIpc) is 2.64. The fourth-order valence-corrected chi connectivity index (χ4v) is 4.05. The van der Waals surface area contributed by atoms with E-state index in [4.69, 9.17) is 4.43 Å². The molecule has 0 amide bonds. The molecular formula is C10H23NOSi. The van der Waals surface area contributed by atoms with Crippen LogP contribution in [0.25, 0.3) is 0 Å². The van der Waals surface area contributed by atoms with Crippen molar-refractivity contribution in [2.45, 2.75) is 45.1 Å². The van der Waals surface area contributed by atoms with Crippen LogP contribution in [-0.2, 0) is 4.43 Å². The van der Waals surface area contributed by atoms with Gasteiger partial charge in [0, 0.05) is 7.11 Å². The minimum atomic E-state index is -1.02. The molecule has 1 aliphatic rings. The molecule has 13 heavy (non-hydrogen) atoms. The third-order valence-electron chi connectivity index (χ3n) is 3.03. The van der Waals surface area contributed by atoms with Crippen LogP contribution in [0.1, 0.15) is 39.0 Å². The Bertz CT molecular complexity index is 126. The Balaban J connectivity index is 2.07. The molecule has 0 heterocycles. The first-order chi connectivity index (χ1) is 6.36. The maximum absolute atomic E-state index is 5.48. The molecule has 3 heteroatoms. The Morgan fingerprint density at radius 2 is 2.08 bits per heavy atom. The van der Waals surface area contributed by atoms with Gasteiger partial charge in [-0.1, -0.05) is 32.6 Å². The third-order valence-corrected chi connectivity index (χ3v) is 5.32. The minimum absolute atomic E-state index is 1.02. The number of hydrogen-bond acceptors (Lipinski definition) is 2. The van der Waals surface area contributed by atoms with Gasteiger partial charge >= 0.3 is 0 Å². The normalized spacial score (nSPS) is 20.8. The van der Waals surface area contributed by atoms with Gasteiger partial charge in [-0.15, -0.1) is 0 Å². The summed E-state index contributed by atoms with van der Waals surface area (Å²) < 4.78 is 5.48. The maximum Gasteiger partial charge on any atom is 0.251 e. The standard InChI is InChI=1S/C10H23NOSi/c1-3-11-13(12-2)9-8-10-6-4-5-7-10/h10-11,13H,3-9H2,1-2H3. The topological polar surface area (TPSA) is 21.3 Å². The van der Waals surface area contributed by atoms with E-state index in [2.05, 4.69) is 11.9 Å². The van der Waals surface area contributed by atoms with Crippen LogP contribution in [0, 0.1) is 5.92 Å². The van der Waals surface area contributed by atoms with Crippen LogP contribution in [0.2, 0.25) is 6.04 Å². The zero-order valence-corrected chi connectivity index (χ0v) is 10.2. The van der Waals surface area contributed by atoms with Gasteiger partial charge in [-0.3, -0.25) is 0 Å². The Labute approximate surface area is 83.9 Å². The molecule has 0 aromatic rings. The zero-order valence-electron chi connectivity index (χ0n) is 9.01. The second kappa shape index (κ2) is 6.57. The fourth-order valence-electron chi connectivity index (χ4n) is 2.22. The number of rotatable bonds is 6. The molecule has 78 valence electrons. The van der Waals surface area contributed by atoms with Gasteiger partial charge in [0.05, 0.1) is 0 Å². The predicted octanol–water partition coefficient (Wildman–Crippen LogP) is 2.04. The first-order valence-corrected chi connectivity index (χ1v) is 7.49. The van der Waals surface area contributed by atoms with E-state index in [1.165, 1.54) is 38.1 Å². The monoisotopic (exact) mass is 201 g/mol. The number of nitrogens with one attached hydrogen (secondary N) is 1. The highest BCUT2D eigenvalue weighted by atomic mass is 28.3. The van der Waals surface area contributed by atoms with Crippen molar-refractivity contribution in [3.05, 3.63) is 0 Å². The quantitative estimate of drug-likeness (QED) is 0.664. The second-order valence-electron chi connectivity index (χ2n) is 4.01. The van der Waals surface area contributed by atoms with Crippen molar-refractivity contribution in [3.63, 3.8) is 0 Å². The molecule has 1 fully saturated rings. The molecule has 0 saturated heterocycles. The van der Waals surface area contributed by atoms with Crippen molar-refractivity contribution < 1.29 is 4.43 Å². The maximum atomic E-state index is 5.48. The largest absolute Gasteiger partial charge is 0.409 e. The van der Waals surface area contributed by atoms with Crippen molar-refractivity contribution in [2.24, 2.45) is 5.92 Å². The van der Waals surface area contributed by atoms with Gasteiger partial charge in [-0.2, -0.15) is 0 Å². The molecule has 0 radical (unpaired) electrons. The summed E-state index contributed by atoms with van der Waals surface area (Å²) in [5.74, 6) is 1.02. The Morgan fingerprint density at radius 1 is 1.38 bits per heavy atom. The first kappa shape index (κ1) is 11.2. The molecule has 1 saturated carbocycles. The smallest absolute Gasteiger partial charge is 0.251 e. The van der Waals surface area contributed by atoms with Crippen LogP contribution < -0.4 is 4.98 Å². The molecule has 0 aromatic heterocycles. The second-order valence-corrected chi connectivity index (χ2v) is 6.44. The van der Waals surface area contributed by atoms with Crippen LogP contribution in [-0.4, -0.2) is 22.9 Å². The molecule has 0 spiro atoms. The average molecular weight is 201 g/mol. The van der Waals surface area contributed by atoms with E-state index in [0.29, 0.717) is 0 Å². The minimum Gasteiger partial charge on any atom is -0.409 e. The molecule has 0 bridgehead atoms. The molecule has 1 N–H and O–H groups in total. The predicted molar refractivity (Wildman–Crippen MR) is 59.2 cm³/mol. The van der Waals surface area contributed by atoms with Gasteiger partial charge in [0.15, 0.2) is 0 Å². The molecule has 1 unspecified atom stereocenters. The summed E-state index contributed by atoms with van der Waals surface area (Å²) >= 11 is 0. The number of hydrogen-bond donors (Lipinski definition) is 1. The summed E-state index contributed by atoms with van der Waals surface area (Å²) in [6.07, 6.45) is 7.27. The molecule has 1 rings (SSSR count). The highest BCUT2D eigenvalue weighted by molar-refractivity contribution is 6.48. The van der Waals surface area contributed by atoms with E-state index < -0.39 is 9.20 Å². The van der Waals surface area contributed by atoms with E-state index >= 15 is 0 Å². The Morgan fingerprint density at radius 3 is 2.62 bits per heavy atom. The van der Waals surface area contributed by atoms with E-state index in [1.807, 2.05) is 7.11 Å². The van der Waals surface area contributed by atoms with Crippen molar-refractivity contribution in [2.75, 3.05) is 13.7 Å². The van der Waals surface area contributed by atoms with Crippen molar-refractivity contribution >= 4 is 9.20 Å². The van der Waals surface area contributed by atoms with Crippen LogP contribution in [0.4, 0.5) is 0 Å². The summed E-state index contributed by atoms with van der Waals surface area (Å²) in [4.78, 5) is 3.47. The van der Waals surface area contributed by atoms with Gasteiger partial charge in [0.2, 0.25) is 0 Å². The van der Waals surface area contributed by atoms with Gasteiger partial charge in [-0.05, 0) is 24.9 Å². The lowest BCUT2D eigenvalue weighted by Gasteiger charge is -2.15. The lowest BCUT2D eigenvalue weighted by atomic mass is 10.1. The highest BCUT2D eigenvalue weighted by Crippen LogP contribution is 2.28. The van der Waals surface area contributed by atoms with Gasteiger partial charge in [0.1, 0.15) is 0 Å². The lowest BCUT2D eigenvalue weighted by molar-refractivity contribution is 0.397. The molecule has 1 aliphatic carbocycles. The Kier molecular flexibility index (Phi) is 5.67. The third kappa shape index (κ3) is 4.25. The molecule has 0 aromatic carbocycles. The highest BCUT2D eigenvalue weighted by Gasteiger charge is 2.17. The SMILES string of the molecule is CCN[SiH](CCC1CCCC1)OC. The van der Waals surface area contributed by atoms with Crippen LogP contribution in [0.15, 0.2) is 0 Å². The van der Waals surface area contributed by atoms with Crippen molar-refractivity contribution in [3.8, 4) is 0 Å². The summed E-state index contributed by atoms with van der Waals surface area (Å²) in [5.41, 5.74) is 0. The van der Waals surface area contributed by atoms with Gasteiger partial charge < -0.3 is 9.41 Å². The van der Waals surface area contributed by atoms with Gasteiger partial charge in [0.25, 0.3) is 9.20 Å². The lowest BCUT2D eigenvalue weighted by Crippen LogP contribution is -2.35. The molecule has 0 aliphatic heterocycles. The van der Waals surface area contributed by atoms with E-state index in [0.717, 1.165) is 12.5 Å². The van der Waals surface area contributed by atoms with E-state index in [1.54, 1.807) is 0 Å². The van der Waals surface area contributed by atoms with Crippen LogP contribution in [0.3, 0.4) is 0 Å². The van der Waals surface area contributed by atoms with Crippen molar-refractivity contribution in [1.82, 2.24) is 4.98 Å². The molecular weight excluding hydrogens is 178 g/mol. The molecule has 2 nitrogen and oxygen atoms in total. The van der Waals surface area contributed by atoms with Crippen molar-refractivity contribution in [1.29, 1.82) is 0 Å². The summed E-state index contributed by atoms with van der Waals surface area (Å²) in [5, 5.41) is 0. The zero-order chi connectivity index (χ0) is 9.52. The van der Waals surface area contributed by atoms with Gasteiger partial charge in [-0.25, -0.2) is 0 Å². The first-order valence-electron chi connectivity index (χ1n) is 5.63. The van der Waals surface area contributed by atoms with Crippen LogP contribution >= 0.6 is 0 Å². The summed E-state index contributed by atoms with van der Waals surface area (Å²) in [6.45, 7) is 3.23. The van der Waals surface area contributed by atoms with E-state index in [9.17, 15) is 0 Å². The van der Waals surface area contributed by atoms with Crippen LogP contribution in [0.5, 0.6) is 0 Å². The fraction of sp³-hybridized carbons (Fsp3) is 1.00. The molecule has 1 atom stereocenters. The van der Waals surface area contributed by atoms with E-state index in [-0.39, 0.29) is 0 Å². The Hall–Kier alpha value is 0.137.